The van der Waals surface area contributed by atoms with Gasteiger partial charge in [-0.1, -0.05) is 23.7 Å². The van der Waals surface area contributed by atoms with Crippen LogP contribution in [0.25, 0.3) is 5.69 Å². The first-order valence-corrected chi connectivity index (χ1v) is 10.1. The van der Waals surface area contributed by atoms with Gasteiger partial charge in [0.05, 0.1) is 34.7 Å². The molecule has 6 rings (SSSR count). The van der Waals surface area contributed by atoms with Gasteiger partial charge in [0.25, 0.3) is 5.91 Å². The van der Waals surface area contributed by atoms with Gasteiger partial charge in [0, 0.05) is 18.8 Å². The zero-order valence-electron chi connectivity index (χ0n) is 15.7. The molecule has 1 aromatic carbocycles. The molecule has 3 fully saturated rings. The van der Waals surface area contributed by atoms with E-state index in [0.29, 0.717) is 28.1 Å². The fourth-order valence-electron chi connectivity index (χ4n) is 4.40. The Hall–Kier alpha value is -2.93. The van der Waals surface area contributed by atoms with Crippen LogP contribution in [0.2, 0.25) is 5.02 Å². The average molecular weight is 410 g/mol. The summed E-state index contributed by atoms with van der Waals surface area (Å²) < 4.78 is 6.17. The van der Waals surface area contributed by atoms with Gasteiger partial charge >= 0.3 is 0 Å². The number of hydrogen-bond donors (Lipinski definition) is 0. The van der Waals surface area contributed by atoms with Crippen molar-refractivity contribution >= 4 is 17.5 Å². The van der Waals surface area contributed by atoms with E-state index >= 15 is 0 Å². The van der Waals surface area contributed by atoms with E-state index < -0.39 is 0 Å². The highest BCUT2D eigenvalue weighted by Crippen LogP contribution is 2.38. The van der Waals surface area contributed by atoms with Crippen LogP contribution in [0.1, 0.15) is 29.6 Å². The largest absolute Gasteiger partial charge is 0.472 e. The topological polar surface area (TPSA) is 73.1 Å². The number of benzene rings is 1. The van der Waals surface area contributed by atoms with Crippen LogP contribution in [0.5, 0.6) is 5.88 Å². The molecule has 3 atom stereocenters. The molecule has 7 nitrogen and oxygen atoms in total. The summed E-state index contributed by atoms with van der Waals surface area (Å²) in [5.41, 5.74) is 1.28. The molecule has 1 aliphatic carbocycles. The SMILES string of the molecule is O=C(c1ccccc1-n1nccn1)N1C[C@H]2CC[C@H]1[C@H](Oc1ccc(Cl)cn1)C2. The fourth-order valence-corrected chi connectivity index (χ4v) is 4.51. The predicted octanol–water partition coefficient (Wildman–Crippen LogP) is 3.39. The molecule has 0 spiro atoms. The van der Waals surface area contributed by atoms with Crippen molar-refractivity contribution in [3.8, 4) is 11.6 Å². The molecule has 2 aliphatic heterocycles. The Bertz CT molecular complexity index is 1010. The summed E-state index contributed by atoms with van der Waals surface area (Å²) in [6.07, 6.45) is 7.69. The first-order valence-electron chi connectivity index (χ1n) is 9.74. The summed E-state index contributed by atoms with van der Waals surface area (Å²) in [4.78, 5) is 21.2. The lowest BCUT2D eigenvalue weighted by atomic mass is 9.77. The van der Waals surface area contributed by atoms with Crippen LogP contribution in [0, 0.1) is 5.92 Å². The van der Waals surface area contributed by atoms with Crippen molar-refractivity contribution < 1.29 is 9.53 Å². The second kappa shape index (κ2) is 7.48. The Labute approximate surface area is 173 Å². The molecular weight excluding hydrogens is 390 g/mol. The molecule has 1 amide bonds. The third-order valence-electron chi connectivity index (χ3n) is 5.72. The quantitative estimate of drug-likeness (QED) is 0.660. The summed E-state index contributed by atoms with van der Waals surface area (Å²) in [5.74, 6) is 0.960. The van der Waals surface area contributed by atoms with Crippen molar-refractivity contribution in [2.75, 3.05) is 6.54 Å². The van der Waals surface area contributed by atoms with Crippen molar-refractivity contribution in [1.29, 1.82) is 0 Å². The van der Waals surface area contributed by atoms with Crippen LogP contribution in [-0.4, -0.2) is 49.5 Å². The van der Waals surface area contributed by atoms with Crippen LogP contribution < -0.4 is 4.74 Å². The van der Waals surface area contributed by atoms with Crippen molar-refractivity contribution in [2.24, 2.45) is 5.92 Å². The minimum absolute atomic E-state index is 0.00929. The normalized spacial score (nSPS) is 23.2. The van der Waals surface area contributed by atoms with E-state index in [2.05, 4.69) is 15.2 Å². The van der Waals surface area contributed by atoms with Crippen LogP contribution in [0.3, 0.4) is 0 Å². The smallest absolute Gasteiger partial charge is 0.256 e. The zero-order valence-corrected chi connectivity index (χ0v) is 16.4. The van der Waals surface area contributed by atoms with E-state index in [-0.39, 0.29) is 18.1 Å². The van der Waals surface area contributed by atoms with E-state index in [0.717, 1.165) is 25.8 Å². The summed E-state index contributed by atoms with van der Waals surface area (Å²) in [5, 5.41) is 8.96. The maximum Gasteiger partial charge on any atom is 0.256 e. The summed E-state index contributed by atoms with van der Waals surface area (Å²) in [7, 11) is 0. The van der Waals surface area contributed by atoms with Gasteiger partial charge in [-0.2, -0.15) is 15.0 Å². The van der Waals surface area contributed by atoms with Crippen molar-refractivity contribution in [1.82, 2.24) is 24.9 Å². The molecule has 0 radical (unpaired) electrons. The number of aromatic nitrogens is 4. The Balaban J connectivity index is 1.41. The molecule has 2 saturated heterocycles. The number of ether oxygens (including phenoxy) is 1. The number of piperidine rings is 2. The molecule has 0 N–H and O–H groups in total. The first kappa shape index (κ1) is 18.1. The molecule has 3 aromatic rings. The van der Waals surface area contributed by atoms with Gasteiger partial charge in [-0.05, 0) is 43.4 Å². The maximum atomic E-state index is 13.5. The molecule has 148 valence electrons. The molecule has 3 aliphatic rings. The average Bonchev–Trinajstić information content (AvgIpc) is 3.30. The Morgan fingerprint density at radius 2 is 1.93 bits per heavy atom. The molecule has 29 heavy (non-hydrogen) atoms. The molecule has 2 aromatic heterocycles. The lowest BCUT2D eigenvalue weighted by molar-refractivity contribution is -0.0313. The molecule has 2 bridgehead atoms. The Morgan fingerprint density at radius 1 is 1.10 bits per heavy atom. The minimum Gasteiger partial charge on any atom is -0.472 e. The Kier molecular flexibility index (Phi) is 4.67. The van der Waals surface area contributed by atoms with E-state index in [4.69, 9.17) is 16.3 Å². The number of amides is 1. The van der Waals surface area contributed by atoms with E-state index in [1.165, 1.54) is 4.80 Å². The highest BCUT2D eigenvalue weighted by atomic mass is 35.5. The van der Waals surface area contributed by atoms with Crippen molar-refractivity contribution in [2.45, 2.75) is 31.4 Å². The number of carbonyl (C=O) groups is 1. The number of carbonyl (C=O) groups excluding carboxylic acids is 1. The highest BCUT2D eigenvalue weighted by Gasteiger charge is 2.44. The Morgan fingerprint density at radius 3 is 2.69 bits per heavy atom. The number of pyridine rings is 1. The molecular formula is C21H20ClN5O2. The van der Waals surface area contributed by atoms with Gasteiger partial charge in [0.2, 0.25) is 5.88 Å². The lowest BCUT2D eigenvalue weighted by Gasteiger charge is -2.49. The summed E-state index contributed by atoms with van der Waals surface area (Å²) in [6, 6.07) is 11.0. The van der Waals surface area contributed by atoms with Crippen molar-refractivity contribution in [3.05, 3.63) is 65.6 Å². The molecule has 8 heteroatoms. The molecule has 1 saturated carbocycles. The number of hydrogen-bond acceptors (Lipinski definition) is 5. The van der Waals surface area contributed by atoms with Crippen LogP contribution in [0.15, 0.2) is 55.0 Å². The number of fused-ring (bicyclic) bond motifs is 3. The van der Waals surface area contributed by atoms with Crippen molar-refractivity contribution in [3.63, 3.8) is 0 Å². The van der Waals surface area contributed by atoms with E-state index in [1.54, 1.807) is 30.7 Å². The zero-order chi connectivity index (χ0) is 19.8. The van der Waals surface area contributed by atoms with Crippen LogP contribution in [-0.2, 0) is 0 Å². The van der Waals surface area contributed by atoms with Crippen LogP contribution in [0.4, 0.5) is 0 Å². The highest BCUT2D eigenvalue weighted by molar-refractivity contribution is 6.30. The summed E-state index contributed by atoms with van der Waals surface area (Å²) in [6.45, 7) is 0.748. The molecule has 4 heterocycles. The number of nitrogens with zero attached hydrogens (tertiary/aromatic N) is 5. The van der Waals surface area contributed by atoms with Gasteiger partial charge < -0.3 is 9.64 Å². The fraction of sp³-hybridized carbons (Fsp3) is 0.333. The van der Waals surface area contributed by atoms with Gasteiger partial charge in [-0.25, -0.2) is 4.98 Å². The van der Waals surface area contributed by atoms with Gasteiger partial charge in [0.1, 0.15) is 6.10 Å². The van der Waals surface area contributed by atoms with Gasteiger partial charge in [-0.3, -0.25) is 4.79 Å². The van der Waals surface area contributed by atoms with Crippen LogP contribution >= 0.6 is 11.6 Å². The minimum atomic E-state index is -0.0740. The number of halogens is 1. The second-order valence-electron chi connectivity index (χ2n) is 7.51. The number of rotatable bonds is 4. The first-order chi connectivity index (χ1) is 14.2. The number of para-hydroxylation sites is 1. The van der Waals surface area contributed by atoms with E-state index in [1.807, 2.05) is 29.2 Å². The maximum absolute atomic E-state index is 13.5. The third kappa shape index (κ3) is 3.46. The summed E-state index contributed by atoms with van der Waals surface area (Å²) >= 11 is 5.92. The monoisotopic (exact) mass is 409 g/mol. The standard InChI is InChI=1S/C21H20ClN5O2/c22-15-6-8-20(23-12-15)29-19-11-14-5-7-18(19)26(13-14)21(28)16-3-1-2-4-17(16)27-24-9-10-25-27/h1-4,6,8-10,12,14,18-19H,5,7,11,13H2/t14-,18-,19+/m0/s1. The lowest BCUT2D eigenvalue weighted by Crippen LogP contribution is -2.59. The van der Waals surface area contributed by atoms with Gasteiger partial charge in [-0.15, -0.1) is 0 Å². The van der Waals surface area contributed by atoms with E-state index in [9.17, 15) is 4.79 Å². The predicted molar refractivity (Wildman–Crippen MR) is 107 cm³/mol. The molecule has 0 unspecified atom stereocenters. The third-order valence-corrected chi connectivity index (χ3v) is 5.95. The van der Waals surface area contributed by atoms with Gasteiger partial charge in [0.15, 0.2) is 0 Å². The second-order valence-corrected chi connectivity index (χ2v) is 7.95.